The monoisotopic (exact) mass is 174 g/mol. The highest BCUT2D eigenvalue weighted by Crippen LogP contribution is 2.52. The first-order chi connectivity index (χ1) is 6.42. The van der Waals surface area contributed by atoms with Gasteiger partial charge in [0.05, 0.1) is 0 Å². The average molecular weight is 174 g/mol. The van der Waals surface area contributed by atoms with Crippen LogP contribution < -0.4 is 5.32 Å². The number of nitrogens with zero attached hydrogens (tertiary/aromatic N) is 1. The summed E-state index contributed by atoms with van der Waals surface area (Å²) in [7, 11) is 0. The van der Waals surface area contributed by atoms with Crippen molar-refractivity contribution < 1.29 is 0 Å². The maximum atomic E-state index is 4.27. The average Bonchev–Trinajstić information content (AvgIpc) is 2.76. The third kappa shape index (κ3) is 1.41. The third-order valence-electron chi connectivity index (χ3n) is 3.26. The number of nitrogens with one attached hydrogen (secondary N) is 1. The normalized spacial score (nSPS) is 35.5. The van der Waals surface area contributed by atoms with Crippen LogP contribution in [0.2, 0.25) is 0 Å². The van der Waals surface area contributed by atoms with Gasteiger partial charge in [-0.3, -0.25) is 0 Å². The second-order valence-electron chi connectivity index (χ2n) is 4.28. The minimum absolute atomic E-state index is 0.693. The van der Waals surface area contributed by atoms with Gasteiger partial charge < -0.3 is 5.32 Å². The van der Waals surface area contributed by atoms with Crippen LogP contribution in [0.25, 0.3) is 0 Å². The highest BCUT2D eigenvalue weighted by Gasteiger charge is 2.45. The Balaban J connectivity index is 1.63. The van der Waals surface area contributed by atoms with Gasteiger partial charge in [-0.25, -0.2) is 4.98 Å². The van der Waals surface area contributed by atoms with Crippen molar-refractivity contribution in [3.05, 3.63) is 24.4 Å². The van der Waals surface area contributed by atoms with Crippen molar-refractivity contribution in [3.63, 3.8) is 0 Å². The van der Waals surface area contributed by atoms with E-state index in [4.69, 9.17) is 0 Å². The largest absolute Gasteiger partial charge is 0.367 e. The first kappa shape index (κ1) is 7.36. The van der Waals surface area contributed by atoms with E-state index in [-0.39, 0.29) is 0 Å². The summed E-state index contributed by atoms with van der Waals surface area (Å²) in [6, 6.07) is 6.73. The SMILES string of the molecule is c1ccc(NC2CC3CC3C2)nc1. The van der Waals surface area contributed by atoms with E-state index in [1.807, 2.05) is 24.4 Å². The molecule has 1 heterocycles. The molecule has 0 amide bonds. The van der Waals surface area contributed by atoms with E-state index in [1.165, 1.54) is 19.3 Å². The van der Waals surface area contributed by atoms with Gasteiger partial charge in [-0.15, -0.1) is 0 Å². The Morgan fingerprint density at radius 1 is 1.15 bits per heavy atom. The quantitative estimate of drug-likeness (QED) is 0.744. The fraction of sp³-hybridized carbons (Fsp3) is 0.545. The molecule has 0 bridgehead atoms. The Bertz CT molecular complexity index is 286. The molecule has 2 aliphatic rings. The fourth-order valence-corrected chi connectivity index (χ4v) is 2.49. The number of aromatic nitrogens is 1. The van der Waals surface area contributed by atoms with Gasteiger partial charge in [0.25, 0.3) is 0 Å². The van der Waals surface area contributed by atoms with Crippen LogP contribution >= 0.6 is 0 Å². The van der Waals surface area contributed by atoms with Crippen LogP contribution in [0.3, 0.4) is 0 Å². The van der Waals surface area contributed by atoms with Gasteiger partial charge in [-0.1, -0.05) is 6.07 Å². The Labute approximate surface area is 78.4 Å². The molecule has 13 heavy (non-hydrogen) atoms. The summed E-state index contributed by atoms with van der Waals surface area (Å²) in [5.74, 6) is 3.12. The van der Waals surface area contributed by atoms with E-state index >= 15 is 0 Å². The Hall–Kier alpha value is -1.05. The van der Waals surface area contributed by atoms with Gasteiger partial charge in [0, 0.05) is 12.2 Å². The van der Waals surface area contributed by atoms with Gasteiger partial charge in [0.2, 0.25) is 0 Å². The molecule has 1 aromatic heterocycles. The maximum Gasteiger partial charge on any atom is 0.126 e. The minimum Gasteiger partial charge on any atom is -0.367 e. The zero-order chi connectivity index (χ0) is 8.67. The lowest BCUT2D eigenvalue weighted by Gasteiger charge is -2.14. The summed E-state index contributed by atoms with van der Waals surface area (Å²) in [6.45, 7) is 0. The van der Waals surface area contributed by atoms with Crippen LogP contribution in [-0.4, -0.2) is 11.0 Å². The zero-order valence-electron chi connectivity index (χ0n) is 7.61. The first-order valence-electron chi connectivity index (χ1n) is 5.09. The maximum absolute atomic E-state index is 4.27. The van der Waals surface area contributed by atoms with E-state index < -0.39 is 0 Å². The van der Waals surface area contributed by atoms with Crippen LogP contribution in [0.15, 0.2) is 24.4 Å². The smallest absolute Gasteiger partial charge is 0.126 e. The van der Waals surface area contributed by atoms with Crippen molar-refractivity contribution in [2.75, 3.05) is 5.32 Å². The van der Waals surface area contributed by atoms with Gasteiger partial charge in [-0.05, 0) is 43.2 Å². The fourth-order valence-electron chi connectivity index (χ4n) is 2.49. The molecule has 2 aliphatic carbocycles. The molecule has 0 spiro atoms. The standard InChI is InChI=1S/C11H14N2/c1-2-4-12-11(3-1)13-10-6-8-5-9(8)7-10/h1-4,8-10H,5-7H2,(H,12,13). The summed E-state index contributed by atoms with van der Waals surface area (Å²) in [6.07, 6.45) is 6.06. The third-order valence-corrected chi connectivity index (χ3v) is 3.26. The highest BCUT2D eigenvalue weighted by molar-refractivity contribution is 5.35. The lowest BCUT2D eigenvalue weighted by atomic mass is 10.1. The summed E-state index contributed by atoms with van der Waals surface area (Å²) < 4.78 is 0. The van der Waals surface area contributed by atoms with Crippen LogP contribution in [0.1, 0.15) is 19.3 Å². The van der Waals surface area contributed by atoms with E-state index in [0.717, 1.165) is 17.7 Å². The Morgan fingerprint density at radius 2 is 2.00 bits per heavy atom. The number of pyridine rings is 1. The van der Waals surface area contributed by atoms with Gasteiger partial charge in [0.15, 0.2) is 0 Å². The zero-order valence-corrected chi connectivity index (χ0v) is 7.61. The number of anilines is 1. The molecule has 2 heteroatoms. The molecular weight excluding hydrogens is 160 g/mol. The molecule has 2 nitrogen and oxygen atoms in total. The Kier molecular flexibility index (Phi) is 1.54. The van der Waals surface area contributed by atoms with Gasteiger partial charge >= 0.3 is 0 Å². The van der Waals surface area contributed by atoms with E-state index in [2.05, 4.69) is 10.3 Å². The lowest BCUT2D eigenvalue weighted by Crippen LogP contribution is -2.17. The summed E-state index contributed by atoms with van der Waals surface area (Å²) >= 11 is 0. The van der Waals surface area contributed by atoms with Crippen LogP contribution in [0, 0.1) is 11.8 Å². The molecule has 0 radical (unpaired) electrons. The van der Waals surface area contributed by atoms with Crippen LogP contribution in [0.4, 0.5) is 5.82 Å². The van der Waals surface area contributed by atoms with E-state index in [9.17, 15) is 0 Å². The molecular formula is C11H14N2. The van der Waals surface area contributed by atoms with Crippen molar-refractivity contribution in [2.24, 2.45) is 11.8 Å². The summed E-state index contributed by atoms with van der Waals surface area (Å²) in [4.78, 5) is 4.27. The molecule has 0 aromatic carbocycles. The first-order valence-corrected chi connectivity index (χ1v) is 5.09. The summed E-state index contributed by atoms with van der Waals surface area (Å²) in [5.41, 5.74) is 0. The molecule has 2 unspecified atom stereocenters. The molecule has 68 valence electrons. The van der Waals surface area contributed by atoms with Crippen molar-refractivity contribution in [2.45, 2.75) is 25.3 Å². The topological polar surface area (TPSA) is 24.9 Å². The van der Waals surface area contributed by atoms with Crippen molar-refractivity contribution in [1.29, 1.82) is 0 Å². The minimum atomic E-state index is 0.693. The number of hydrogen-bond donors (Lipinski definition) is 1. The predicted molar refractivity (Wildman–Crippen MR) is 52.5 cm³/mol. The highest BCUT2D eigenvalue weighted by atomic mass is 15.0. The van der Waals surface area contributed by atoms with Crippen molar-refractivity contribution in [3.8, 4) is 0 Å². The van der Waals surface area contributed by atoms with Crippen molar-refractivity contribution >= 4 is 5.82 Å². The second-order valence-corrected chi connectivity index (χ2v) is 4.28. The predicted octanol–water partition coefficient (Wildman–Crippen LogP) is 2.29. The summed E-state index contributed by atoms with van der Waals surface area (Å²) in [5, 5.41) is 3.49. The molecule has 2 atom stereocenters. The number of rotatable bonds is 2. The van der Waals surface area contributed by atoms with Crippen molar-refractivity contribution in [1.82, 2.24) is 4.98 Å². The van der Waals surface area contributed by atoms with Crippen LogP contribution in [-0.2, 0) is 0 Å². The molecule has 1 aromatic rings. The molecule has 1 N–H and O–H groups in total. The molecule has 2 saturated carbocycles. The second kappa shape index (κ2) is 2.72. The van der Waals surface area contributed by atoms with Gasteiger partial charge in [0.1, 0.15) is 5.82 Å². The van der Waals surface area contributed by atoms with Crippen LogP contribution in [0.5, 0.6) is 0 Å². The lowest BCUT2D eigenvalue weighted by molar-refractivity contribution is 0.649. The molecule has 0 saturated heterocycles. The Morgan fingerprint density at radius 3 is 2.69 bits per heavy atom. The van der Waals surface area contributed by atoms with E-state index in [1.54, 1.807) is 0 Å². The molecule has 0 aliphatic heterocycles. The van der Waals surface area contributed by atoms with E-state index in [0.29, 0.717) is 6.04 Å². The van der Waals surface area contributed by atoms with Gasteiger partial charge in [-0.2, -0.15) is 0 Å². The number of hydrogen-bond acceptors (Lipinski definition) is 2. The number of fused-ring (bicyclic) bond motifs is 1. The molecule has 3 rings (SSSR count). The molecule has 2 fully saturated rings.